The number of imidazole rings is 1. The van der Waals surface area contributed by atoms with Gasteiger partial charge < -0.3 is 25.4 Å². The number of anilines is 1. The molecule has 0 radical (unpaired) electrons. The number of nitrogens with two attached hydrogens (primary N) is 1. The van der Waals surface area contributed by atoms with Gasteiger partial charge in [0.25, 0.3) is 0 Å². The molecule has 0 aromatic carbocycles. The van der Waals surface area contributed by atoms with E-state index in [1.165, 1.54) is 31.1 Å². The Bertz CT molecular complexity index is 1010. The summed E-state index contributed by atoms with van der Waals surface area (Å²) in [6.07, 6.45) is -0.0714. The molecule has 2 saturated heterocycles. The summed E-state index contributed by atoms with van der Waals surface area (Å²) < 4.78 is 36.2. The highest BCUT2D eigenvalue weighted by Crippen LogP contribution is 2.49. The molecule has 5 N–H and O–H groups in total. The summed E-state index contributed by atoms with van der Waals surface area (Å²) in [4.78, 5) is 23.2. The summed E-state index contributed by atoms with van der Waals surface area (Å²) >= 11 is 0. The molecule has 164 valence electrons. The molecule has 2 aromatic heterocycles. The molecule has 4 rings (SSSR count). The van der Waals surface area contributed by atoms with Gasteiger partial charge in [-0.25, -0.2) is 24.6 Å². The van der Waals surface area contributed by atoms with Crippen LogP contribution in [0.4, 0.5) is 5.82 Å². The molecule has 2 aliphatic heterocycles. The topological polar surface area (TPSA) is 193 Å². The van der Waals surface area contributed by atoms with Gasteiger partial charge in [-0.1, -0.05) is 0 Å². The zero-order valence-electron chi connectivity index (χ0n) is 16.0. The number of carbonyl (C=O) groups is 1. The van der Waals surface area contributed by atoms with Crippen LogP contribution in [0.3, 0.4) is 0 Å². The molecule has 15 heteroatoms. The number of aliphatic carboxylic acids is 1. The molecule has 3 unspecified atom stereocenters. The molecule has 0 bridgehead atoms. The summed E-state index contributed by atoms with van der Waals surface area (Å²) in [6.45, 7) is 1.98. The molecule has 0 spiro atoms. The standard InChI is InChI=1S/C15H21N6O8P/c1-7(13(22)23)20-30(25)27-3-8-10(26-6-28-30)15(2,24)14(29-8)21-5-19-9-11(16)17-4-18-12(9)21/h4-5,7-8,10,14,24H,3,6H2,1-2H3,(H,20,25)(H,22,23)(H2,16,17,18)/t7?,8-,10?,14-,15+,30?/m1/s1. The van der Waals surface area contributed by atoms with Gasteiger partial charge in [0.2, 0.25) is 0 Å². The molecule has 0 saturated carbocycles. The Morgan fingerprint density at radius 2 is 2.20 bits per heavy atom. The van der Waals surface area contributed by atoms with Crippen LogP contribution >= 0.6 is 7.75 Å². The fourth-order valence-electron chi connectivity index (χ4n) is 3.43. The van der Waals surface area contributed by atoms with E-state index in [0.29, 0.717) is 11.2 Å². The van der Waals surface area contributed by atoms with Crippen molar-refractivity contribution in [2.24, 2.45) is 0 Å². The predicted octanol–water partition coefficient (Wildman–Crippen LogP) is -0.383. The normalized spacial score (nSPS) is 35.5. The molecule has 0 aliphatic carbocycles. The Balaban J connectivity index is 1.58. The average Bonchev–Trinajstić information content (AvgIpc) is 3.18. The minimum absolute atomic E-state index is 0.176. The lowest BCUT2D eigenvalue weighted by Crippen LogP contribution is -2.47. The second kappa shape index (κ2) is 7.50. The molecule has 2 aliphatic rings. The van der Waals surface area contributed by atoms with Gasteiger partial charge in [0.15, 0.2) is 24.5 Å². The van der Waals surface area contributed by atoms with Crippen molar-refractivity contribution < 1.29 is 38.1 Å². The van der Waals surface area contributed by atoms with Gasteiger partial charge >= 0.3 is 13.7 Å². The van der Waals surface area contributed by atoms with Crippen molar-refractivity contribution in [1.82, 2.24) is 24.6 Å². The Morgan fingerprint density at radius 1 is 1.43 bits per heavy atom. The minimum atomic E-state index is -3.98. The number of hydrogen-bond donors (Lipinski definition) is 4. The third-order valence-corrected chi connectivity index (χ3v) is 6.60. The largest absolute Gasteiger partial charge is 0.480 e. The third kappa shape index (κ3) is 3.56. The van der Waals surface area contributed by atoms with E-state index < -0.39 is 50.6 Å². The van der Waals surface area contributed by atoms with E-state index in [1.807, 2.05) is 0 Å². The summed E-state index contributed by atoms with van der Waals surface area (Å²) in [6, 6.07) is -1.19. The number of aliphatic hydroxyl groups is 1. The maximum Gasteiger partial charge on any atom is 0.408 e. The van der Waals surface area contributed by atoms with E-state index in [2.05, 4.69) is 20.0 Å². The van der Waals surface area contributed by atoms with Crippen LogP contribution in [-0.4, -0.2) is 73.0 Å². The van der Waals surface area contributed by atoms with Gasteiger partial charge in [-0.3, -0.25) is 18.4 Å². The van der Waals surface area contributed by atoms with Crippen molar-refractivity contribution >= 4 is 30.7 Å². The first-order valence-electron chi connectivity index (χ1n) is 8.94. The number of fused-ring (bicyclic) bond motifs is 2. The number of carboxylic acids is 1. The summed E-state index contributed by atoms with van der Waals surface area (Å²) in [5.74, 6) is -1.05. The maximum absolute atomic E-state index is 12.7. The molecule has 30 heavy (non-hydrogen) atoms. The van der Waals surface area contributed by atoms with E-state index in [1.54, 1.807) is 0 Å². The first-order chi connectivity index (χ1) is 14.1. The monoisotopic (exact) mass is 444 g/mol. The lowest BCUT2D eigenvalue weighted by Gasteiger charge is -2.32. The van der Waals surface area contributed by atoms with Crippen LogP contribution in [0.15, 0.2) is 12.7 Å². The van der Waals surface area contributed by atoms with E-state index in [0.717, 1.165) is 0 Å². The highest BCUT2D eigenvalue weighted by molar-refractivity contribution is 7.51. The molecule has 6 atom stereocenters. The summed E-state index contributed by atoms with van der Waals surface area (Å²) in [5, 5.41) is 22.5. The number of ether oxygens (including phenoxy) is 2. The van der Waals surface area contributed by atoms with Gasteiger partial charge in [0, 0.05) is 0 Å². The third-order valence-electron chi connectivity index (χ3n) is 4.96. The smallest absolute Gasteiger partial charge is 0.408 e. The molecular weight excluding hydrogens is 423 g/mol. The zero-order chi connectivity index (χ0) is 21.7. The number of aromatic nitrogens is 4. The van der Waals surface area contributed by atoms with Crippen molar-refractivity contribution in [2.75, 3.05) is 19.1 Å². The summed E-state index contributed by atoms with van der Waals surface area (Å²) in [7, 11) is -3.98. The first-order valence-corrected chi connectivity index (χ1v) is 10.5. The Kier molecular flexibility index (Phi) is 5.26. The average molecular weight is 444 g/mol. The fraction of sp³-hybridized carbons (Fsp3) is 0.600. The van der Waals surface area contributed by atoms with Crippen molar-refractivity contribution in [3.05, 3.63) is 12.7 Å². The van der Waals surface area contributed by atoms with E-state index in [9.17, 15) is 14.5 Å². The van der Waals surface area contributed by atoms with Crippen LogP contribution in [-0.2, 0) is 27.9 Å². The Labute approximate surface area is 169 Å². The Morgan fingerprint density at radius 3 is 2.93 bits per heavy atom. The number of hydrogen-bond acceptors (Lipinski definition) is 11. The van der Waals surface area contributed by atoms with E-state index in [4.69, 9.17) is 29.4 Å². The van der Waals surface area contributed by atoms with E-state index >= 15 is 0 Å². The van der Waals surface area contributed by atoms with Crippen LogP contribution in [0.25, 0.3) is 11.2 Å². The first kappa shape index (κ1) is 21.1. The lowest BCUT2D eigenvalue weighted by atomic mass is 9.96. The van der Waals surface area contributed by atoms with Crippen LogP contribution in [0.1, 0.15) is 20.1 Å². The van der Waals surface area contributed by atoms with Crippen molar-refractivity contribution in [1.29, 1.82) is 0 Å². The van der Waals surface area contributed by atoms with Crippen LogP contribution in [0, 0.1) is 0 Å². The van der Waals surface area contributed by atoms with Crippen LogP contribution < -0.4 is 10.8 Å². The maximum atomic E-state index is 12.7. The number of carboxylic acid groups (broad SMARTS) is 1. The van der Waals surface area contributed by atoms with Gasteiger partial charge in [-0.15, -0.1) is 0 Å². The van der Waals surface area contributed by atoms with Gasteiger partial charge in [-0.2, -0.15) is 0 Å². The van der Waals surface area contributed by atoms with Crippen LogP contribution in [0.2, 0.25) is 0 Å². The molecule has 0 amide bonds. The number of nitrogen functional groups attached to an aromatic ring is 1. The Hall–Kier alpha value is -2.19. The molecular formula is C15H21N6O8P. The number of nitrogens with one attached hydrogen (secondary N) is 1. The van der Waals surface area contributed by atoms with Crippen molar-refractivity contribution in [3.8, 4) is 0 Å². The zero-order valence-corrected chi connectivity index (χ0v) is 16.9. The molecule has 14 nitrogen and oxygen atoms in total. The van der Waals surface area contributed by atoms with Gasteiger partial charge in [0.1, 0.15) is 35.7 Å². The molecule has 2 fully saturated rings. The number of nitrogens with zero attached hydrogens (tertiary/aromatic N) is 4. The quantitative estimate of drug-likeness (QED) is 0.446. The van der Waals surface area contributed by atoms with Gasteiger partial charge in [0.05, 0.1) is 12.9 Å². The highest BCUT2D eigenvalue weighted by atomic mass is 31.2. The number of rotatable bonds is 4. The van der Waals surface area contributed by atoms with Crippen LogP contribution in [0.5, 0.6) is 0 Å². The molecule has 4 heterocycles. The second-order valence-electron chi connectivity index (χ2n) is 7.15. The minimum Gasteiger partial charge on any atom is -0.480 e. The van der Waals surface area contributed by atoms with E-state index in [-0.39, 0.29) is 12.4 Å². The molecule has 2 aromatic rings. The highest BCUT2D eigenvalue weighted by Gasteiger charge is 2.56. The van der Waals surface area contributed by atoms with Gasteiger partial charge in [-0.05, 0) is 13.8 Å². The van der Waals surface area contributed by atoms with Crippen molar-refractivity contribution in [2.45, 2.75) is 43.9 Å². The summed E-state index contributed by atoms with van der Waals surface area (Å²) in [5.41, 5.74) is 4.93. The SMILES string of the molecule is CC(NP1(=O)OCOC2[C@@H](CO1)O[C@@H](n1cnc3c(N)ncnc31)[C@@]2(C)O)C(=O)O. The van der Waals surface area contributed by atoms with Crippen molar-refractivity contribution in [3.63, 3.8) is 0 Å². The predicted molar refractivity (Wildman–Crippen MR) is 98.9 cm³/mol. The fourth-order valence-corrected chi connectivity index (χ4v) is 4.78. The lowest BCUT2D eigenvalue weighted by molar-refractivity contribution is -0.145. The second-order valence-corrected chi connectivity index (χ2v) is 8.92.